The summed E-state index contributed by atoms with van der Waals surface area (Å²) in [7, 11) is 0. The number of aryl methyl sites for hydroxylation is 1. The van der Waals surface area contributed by atoms with E-state index in [0.717, 1.165) is 24.5 Å². The molecule has 5 heteroatoms. The predicted molar refractivity (Wildman–Crippen MR) is 78.6 cm³/mol. The Morgan fingerprint density at radius 1 is 1.38 bits per heavy atom. The van der Waals surface area contributed by atoms with Crippen LogP contribution in [0.25, 0.3) is 0 Å². The number of benzene rings is 1. The van der Waals surface area contributed by atoms with E-state index in [1.54, 1.807) is 6.20 Å². The number of imidazole rings is 1. The lowest BCUT2D eigenvalue weighted by molar-refractivity contribution is -0.0106. The normalized spacial score (nSPS) is 18.5. The minimum Gasteiger partial charge on any atom is -0.486 e. The molecule has 2 heterocycles. The van der Waals surface area contributed by atoms with Gasteiger partial charge in [0, 0.05) is 25.4 Å². The number of aliphatic hydroxyl groups is 1. The summed E-state index contributed by atoms with van der Waals surface area (Å²) < 4.78 is 13.5. The van der Waals surface area contributed by atoms with Gasteiger partial charge in [-0.3, -0.25) is 0 Å². The quantitative estimate of drug-likeness (QED) is 0.914. The first-order valence-corrected chi connectivity index (χ1v) is 7.34. The number of nitrogens with zero attached hydrogens (tertiary/aromatic N) is 2. The molecule has 0 radical (unpaired) electrons. The number of para-hydroxylation sites is 2. The second-order valence-electron chi connectivity index (χ2n) is 5.22. The summed E-state index contributed by atoms with van der Waals surface area (Å²) in [6, 6.07) is 7.52. The van der Waals surface area contributed by atoms with Gasteiger partial charge in [-0.05, 0) is 18.6 Å². The van der Waals surface area contributed by atoms with E-state index in [4.69, 9.17) is 9.47 Å². The van der Waals surface area contributed by atoms with E-state index in [9.17, 15) is 5.11 Å². The summed E-state index contributed by atoms with van der Waals surface area (Å²) in [5.74, 6) is 2.30. The summed E-state index contributed by atoms with van der Waals surface area (Å²) in [5, 5.41) is 10.4. The monoisotopic (exact) mass is 288 g/mol. The summed E-state index contributed by atoms with van der Waals surface area (Å²) in [5.41, 5.74) is 0. The van der Waals surface area contributed by atoms with Gasteiger partial charge in [0.05, 0.1) is 0 Å². The standard InChI is InChI=1S/C16H20N2O3/c1-2-8-18-9-7-17-16(18)10-12(19)15-11-20-13-5-3-4-6-14(13)21-15/h3-7,9,12,15,19H,2,8,10-11H2,1H3. The summed E-state index contributed by atoms with van der Waals surface area (Å²) in [6.45, 7) is 3.38. The highest BCUT2D eigenvalue weighted by Crippen LogP contribution is 2.31. The molecule has 1 aliphatic rings. The van der Waals surface area contributed by atoms with Gasteiger partial charge in [0.2, 0.25) is 0 Å². The Morgan fingerprint density at radius 3 is 3.00 bits per heavy atom. The number of aromatic nitrogens is 2. The molecule has 0 amide bonds. The zero-order chi connectivity index (χ0) is 14.7. The van der Waals surface area contributed by atoms with Crippen molar-refractivity contribution in [1.29, 1.82) is 0 Å². The van der Waals surface area contributed by atoms with Crippen molar-refractivity contribution < 1.29 is 14.6 Å². The molecule has 1 aromatic heterocycles. The predicted octanol–water partition coefficient (Wildman–Crippen LogP) is 2.04. The van der Waals surface area contributed by atoms with Gasteiger partial charge in [-0.1, -0.05) is 19.1 Å². The number of rotatable bonds is 5. The van der Waals surface area contributed by atoms with E-state index < -0.39 is 6.10 Å². The van der Waals surface area contributed by atoms with Crippen LogP contribution >= 0.6 is 0 Å². The smallest absolute Gasteiger partial charge is 0.161 e. The number of fused-ring (bicyclic) bond motifs is 1. The maximum atomic E-state index is 10.4. The van der Waals surface area contributed by atoms with E-state index in [0.29, 0.717) is 18.8 Å². The van der Waals surface area contributed by atoms with Crippen LogP contribution in [0.1, 0.15) is 19.2 Å². The third-order valence-corrected chi connectivity index (χ3v) is 3.62. The lowest BCUT2D eigenvalue weighted by Gasteiger charge is -2.29. The van der Waals surface area contributed by atoms with E-state index in [1.165, 1.54) is 0 Å². The average Bonchev–Trinajstić information content (AvgIpc) is 2.94. The van der Waals surface area contributed by atoms with Gasteiger partial charge in [-0.15, -0.1) is 0 Å². The summed E-state index contributed by atoms with van der Waals surface area (Å²) >= 11 is 0. The third kappa shape index (κ3) is 3.03. The maximum Gasteiger partial charge on any atom is 0.161 e. The Hall–Kier alpha value is -2.01. The molecule has 21 heavy (non-hydrogen) atoms. The van der Waals surface area contributed by atoms with Crippen molar-refractivity contribution in [3.8, 4) is 11.5 Å². The zero-order valence-electron chi connectivity index (χ0n) is 12.1. The van der Waals surface area contributed by atoms with Crippen LogP contribution in [0.2, 0.25) is 0 Å². The van der Waals surface area contributed by atoms with Crippen LogP contribution in [0.4, 0.5) is 0 Å². The van der Waals surface area contributed by atoms with Crippen molar-refractivity contribution in [2.45, 2.75) is 38.5 Å². The van der Waals surface area contributed by atoms with Crippen molar-refractivity contribution >= 4 is 0 Å². The van der Waals surface area contributed by atoms with Crippen molar-refractivity contribution in [3.63, 3.8) is 0 Å². The van der Waals surface area contributed by atoms with E-state index in [2.05, 4.69) is 16.5 Å². The molecule has 5 nitrogen and oxygen atoms in total. The van der Waals surface area contributed by atoms with Crippen molar-refractivity contribution in [1.82, 2.24) is 9.55 Å². The lowest BCUT2D eigenvalue weighted by Crippen LogP contribution is -2.41. The molecule has 0 saturated carbocycles. The Kier molecular flexibility index (Phi) is 4.10. The highest BCUT2D eigenvalue weighted by Gasteiger charge is 2.28. The molecule has 0 aliphatic carbocycles. The van der Waals surface area contributed by atoms with Gasteiger partial charge in [-0.2, -0.15) is 0 Å². The Balaban J connectivity index is 1.66. The van der Waals surface area contributed by atoms with E-state index in [-0.39, 0.29) is 6.10 Å². The zero-order valence-corrected chi connectivity index (χ0v) is 12.1. The highest BCUT2D eigenvalue weighted by atomic mass is 16.6. The number of aliphatic hydroxyl groups excluding tert-OH is 1. The Bertz CT molecular complexity index is 597. The van der Waals surface area contributed by atoms with Crippen LogP contribution < -0.4 is 9.47 Å². The lowest BCUT2D eigenvalue weighted by atomic mass is 10.1. The van der Waals surface area contributed by atoms with Gasteiger partial charge >= 0.3 is 0 Å². The van der Waals surface area contributed by atoms with Crippen LogP contribution in [-0.2, 0) is 13.0 Å². The molecule has 112 valence electrons. The van der Waals surface area contributed by atoms with Gasteiger partial charge < -0.3 is 19.1 Å². The SMILES string of the molecule is CCCn1ccnc1CC(O)C1COc2ccccc2O1. The molecule has 0 bridgehead atoms. The fraction of sp³-hybridized carbons (Fsp3) is 0.438. The number of hydrogen-bond donors (Lipinski definition) is 1. The minimum absolute atomic E-state index is 0.354. The largest absolute Gasteiger partial charge is 0.486 e. The second-order valence-corrected chi connectivity index (χ2v) is 5.22. The van der Waals surface area contributed by atoms with Crippen molar-refractivity contribution in [2.24, 2.45) is 0 Å². The van der Waals surface area contributed by atoms with Crippen LogP contribution in [-0.4, -0.2) is 33.5 Å². The first-order valence-electron chi connectivity index (χ1n) is 7.34. The molecule has 1 aliphatic heterocycles. The number of hydrogen-bond acceptors (Lipinski definition) is 4. The Morgan fingerprint density at radius 2 is 2.19 bits per heavy atom. The van der Waals surface area contributed by atoms with Gasteiger partial charge in [-0.25, -0.2) is 4.98 Å². The van der Waals surface area contributed by atoms with E-state index in [1.807, 2.05) is 30.5 Å². The van der Waals surface area contributed by atoms with Gasteiger partial charge in [0.1, 0.15) is 18.5 Å². The first kappa shape index (κ1) is 13.9. The number of ether oxygens (including phenoxy) is 2. The van der Waals surface area contributed by atoms with Crippen molar-refractivity contribution in [2.75, 3.05) is 6.61 Å². The highest BCUT2D eigenvalue weighted by molar-refractivity contribution is 5.40. The van der Waals surface area contributed by atoms with Crippen molar-refractivity contribution in [3.05, 3.63) is 42.5 Å². The summed E-state index contributed by atoms with van der Waals surface area (Å²) in [6.07, 6.45) is 4.20. The molecule has 1 N–H and O–H groups in total. The van der Waals surface area contributed by atoms with Crippen LogP contribution in [0.3, 0.4) is 0 Å². The average molecular weight is 288 g/mol. The fourth-order valence-corrected chi connectivity index (χ4v) is 2.52. The molecule has 1 aromatic carbocycles. The molecule has 0 spiro atoms. The topological polar surface area (TPSA) is 56.5 Å². The van der Waals surface area contributed by atoms with Crippen LogP contribution in [0, 0.1) is 0 Å². The minimum atomic E-state index is -0.642. The molecule has 3 rings (SSSR count). The summed E-state index contributed by atoms with van der Waals surface area (Å²) in [4.78, 5) is 4.32. The molecule has 0 saturated heterocycles. The first-order chi connectivity index (χ1) is 10.3. The maximum absolute atomic E-state index is 10.4. The Labute approximate surface area is 124 Å². The van der Waals surface area contributed by atoms with E-state index >= 15 is 0 Å². The second kappa shape index (κ2) is 6.18. The van der Waals surface area contributed by atoms with Crippen LogP contribution in [0.15, 0.2) is 36.7 Å². The molecular weight excluding hydrogens is 268 g/mol. The molecule has 2 aromatic rings. The molecule has 2 unspecified atom stereocenters. The van der Waals surface area contributed by atoms with Gasteiger partial charge in [0.15, 0.2) is 17.6 Å². The molecule has 2 atom stereocenters. The van der Waals surface area contributed by atoms with Crippen LogP contribution in [0.5, 0.6) is 11.5 Å². The van der Waals surface area contributed by atoms with Gasteiger partial charge in [0.25, 0.3) is 0 Å². The molecule has 0 fully saturated rings. The third-order valence-electron chi connectivity index (χ3n) is 3.62. The molecular formula is C16H20N2O3. The fourth-order valence-electron chi connectivity index (χ4n) is 2.52.